The van der Waals surface area contributed by atoms with E-state index in [0.717, 1.165) is 44.9 Å². The third-order valence-electron chi connectivity index (χ3n) is 4.25. The maximum Gasteiger partial charge on any atom is 0.342 e. The summed E-state index contributed by atoms with van der Waals surface area (Å²) in [5, 5.41) is 0. The predicted octanol–water partition coefficient (Wildman–Crippen LogP) is 6.74. The van der Waals surface area contributed by atoms with Gasteiger partial charge in [-0.15, -0.1) is 0 Å². The van der Waals surface area contributed by atoms with Crippen molar-refractivity contribution in [2.45, 2.75) is 123 Å². The third kappa shape index (κ3) is 16.1. The van der Waals surface area contributed by atoms with Crippen LogP contribution in [0.4, 0.5) is 0 Å². The highest BCUT2D eigenvalue weighted by Gasteiger charge is 2.12. The van der Waals surface area contributed by atoms with E-state index in [9.17, 15) is 4.79 Å². The molecular formula is C20H40O3. The molecule has 0 aromatic carbocycles. The topological polar surface area (TPSA) is 35.5 Å². The Labute approximate surface area is 144 Å². The minimum atomic E-state index is -0.203. The first-order valence-electron chi connectivity index (χ1n) is 10.1. The van der Waals surface area contributed by atoms with E-state index in [1.54, 1.807) is 0 Å². The highest BCUT2D eigenvalue weighted by Crippen LogP contribution is 2.13. The fourth-order valence-corrected chi connectivity index (χ4v) is 2.74. The molecule has 138 valence electrons. The fraction of sp³-hybridized carbons (Fsp3) is 0.950. The molecule has 0 amide bonds. The maximum absolute atomic E-state index is 11.7. The number of hydrogen-bond donors (Lipinski definition) is 0. The second-order valence-corrected chi connectivity index (χ2v) is 6.68. The largest absolute Gasteiger partial charge is 0.342 e. The van der Waals surface area contributed by atoms with E-state index in [-0.39, 0.29) is 12.1 Å². The van der Waals surface area contributed by atoms with Gasteiger partial charge in [-0.3, -0.25) is 4.89 Å². The molecule has 0 aliphatic heterocycles. The molecule has 1 atom stereocenters. The van der Waals surface area contributed by atoms with Crippen LogP contribution in [0.2, 0.25) is 0 Å². The fourth-order valence-electron chi connectivity index (χ4n) is 2.74. The lowest BCUT2D eigenvalue weighted by atomic mass is 10.1. The lowest BCUT2D eigenvalue weighted by Gasteiger charge is -2.14. The molecule has 0 aromatic rings. The molecule has 1 unspecified atom stereocenters. The van der Waals surface area contributed by atoms with Crippen LogP contribution in [0.15, 0.2) is 0 Å². The number of hydrogen-bond acceptors (Lipinski definition) is 3. The zero-order valence-electron chi connectivity index (χ0n) is 15.9. The highest BCUT2D eigenvalue weighted by molar-refractivity contribution is 5.68. The molecule has 0 spiro atoms. The average molecular weight is 329 g/mol. The van der Waals surface area contributed by atoms with Crippen LogP contribution in [0.5, 0.6) is 0 Å². The predicted molar refractivity (Wildman–Crippen MR) is 97.2 cm³/mol. The summed E-state index contributed by atoms with van der Waals surface area (Å²) < 4.78 is 0. The molecule has 0 radical (unpaired) electrons. The van der Waals surface area contributed by atoms with Crippen LogP contribution in [-0.4, -0.2) is 12.1 Å². The molecule has 0 fully saturated rings. The highest BCUT2D eigenvalue weighted by atomic mass is 17.2. The Morgan fingerprint density at radius 3 is 1.83 bits per heavy atom. The summed E-state index contributed by atoms with van der Waals surface area (Å²) in [6, 6.07) is 0. The summed E-state index contributed by atoms with van der Waals surface area (Å²) in [5.74, 6) is -0.203. The van der Waals surface area contributed by atoms with Gasteiger partial charge < -0.3 is 0 Å². The van der Waals surface area contributed by atoms with E-state index in [1.165, 1.54) is 44.9 Å². The first-order chi connectivity index (χ1) is 11.2. The first kappa shape index (κ1) is 22.4. The van der Waals surface area contributed by atoms with Gasteiger partial charge in [0.1, 0.15) is 6.10 Å². The lowest BCUT2D eigenvalue weighted by molar-refractivity contribution is -0.300. The van der Waals surface area contributed by atoms with E-state index >= 15 is 0 Å². The van der Waals surface area contributed by atoms with Gasteiger partial charge in [-0.25, -0.2) is 4.79 Å². The Balaban J connectivity index is 3.47. The molecule has 0 N–H and O–H groups in total. The number of carbonyl (C=O) groups is 1. The van der Waals surface area contributed by atoms with Crippen molar-refractivity contribution in [3.63, 3.8) is 0 Å². The van der Waals surface area contributed by atoms with Gasteiger partial charge >= 0.3 is 5.97 Å². The van der Waals surface area contributed by atoms with Crippen LogP contribution in [0.3, 0.4) is 0 Å². The molecule has 0 aliphatic rings. The summed E-state index contributed by atoms with van der Waals surface area (Å²) in [4.78, 5) is 22.0. The molecule has 0 rings (SSSR count). The molecule has 3 heteroatoms. The van der Waals surface area contributed by atoms with Crippen molar-refractivity contribution in [2.75, 3.05) is 0 Å². The van der Waals surface area contributed by atoms with Gasteiger partial charge in [0.15, 0.2) is 0 Å². The summed E-state index contributed by atoms with van der Waals surface area (Å²) in [6.07, 6.45) is 17.2. The monoisotopic (exact) mass is 328 g/mol. The lowest BCUT2D eigenvalue weighted by Crippen LogP contribution is -2.16. The Kier molecular flexibility index (Phi) is 17.3. The Hall–Kier alpha value is -0.570. The van der Waals surface area contributed by atoms with Crippen LogP contribution in [0.1, 0.15) is 117 Å². The molecule has 23 heavy (non-hydrogen) atoms. The zero-order valence-corrected chi connectivity index (χ0v) is 15.9. The van der Waals surface area contributed by atoms with Crippen molar-refractivity contribution in [2.24, 2.45) is 0 Å². The quantitative estimate of drug-likeness (QED) is 0.168. The Morgan fingerprint density at radius 1 is 0.696 bits per heavy atom. The number of unbranched alkanes of at least 4 members (excludes halogenated alkanes) is 9. The van der Waals surface area contributed by atoms with E-state index in [1.807, 2.05) is 0 Å². The second kappa shape index (κ2) is 17.8. The first-order valence-corrected chi connectivity index (χ1v) is 10.1. The SMILES string of the molecule is CCCCCCCCCCCC(=O)OOC(CCC)CCCC. The van der Waals surface area contributed by atoms with E-state index < -0.39 is 0 Å². The smallest absolute Gasteiger partial charge is 0.298 e. The molecule has 0 saturated heterocycles. The van der Waals surface area contributed by atoms with E-state index in [2.05, 4.69) is 20.8 Å². The van der Waals surface area contributed by atoms with Crippen molar-refractivity contribution in [3.8, 4) is 0 Å². The number of carbonyl (C=O) groups excluding carboxylic acids is 1. The second-order valence-electron chi connectivity index (χ2n) is 6.68. The summed E-state index contributed by atoms with van der Waals surface area (Å²) in [5.41, 5.74) is 0. The molecule has 3 nitrogen and oxygen atoms in total. The van der Waals surface area contributed by atoms with E-state index in [4.69, 9.17) is 9.78 Å². The molecule has 0 bridgehead atoms. The van der Waals surface area contributed by atoms with Gasteiger partial charge in [0, 0.05) is 6.42 Å². The van der Waals surface area contributed by atoms with Crippen LogP contribution in [-0.2, 0) is 14.6 Å². The van der Waals surface area contributed by atoms with Crippen LogP contribution in [0.25, 0.3) is 0 Å². The van der Waals surface area contributed by atoms with Gasteiger partial charge in [0.25, 0.3) is 0 Å². The summed E-state index contributed by atoms with van der Waals surface area (Å²) in [6.45, 7) is 6.54. The van der Waals surface area contributed by atoms with Gasteiger partial charge in [0.05, 0.1) is 0 Å². The van der Waals surface area contributed by atoms with Crippen molar-refractivity contribution in [3.05, 3.63) is 0 Å². The Morgan fingerprint density at radius 2 is 1.26 bits per heavy atom. The van der Waals surface area contributed by atoms with Crippen LogP contribution < -0.4 is 0 Å². The van der Waals surface area contributed by atoms with Gasteiger partial charge in [0.2, 0.25) is 0 Å². The minimum absolute atomic E-state index is 0.0759. The van der Waals surface area contributed by atoms with Gasteiger partial charge in [-0.1, -0.05) is 91.4 Å². The zero-order chi connectivity index (χ0) is 17.2. The summed E-state index contributed by atoms with van der Waals surface area (Å²) >= 11 is 0. The number of rotatable bonds is 17. The van der Waals surface area contributed by atoms with Gasteiger partial charge in [-0.05, 0) is 19.3 Å². The van der Waals surface area contributed by atoms with E-state index in [0.29, 0.717) is 6.42 Å². The van der Waals surface area contributed by atoms with Crippen molar-refractivity contribution in [1.29, 1.82) is 0 Å². The van der Waals surface area contributed by atoms with Crippen LogP contribution >= 0.6 is 0 Å². The van der Waals surface area contributed by atoms with Crippen LogP contribution in [0, 0.1) is 0 Å². The minimum Gasteiger partial charge on any atom is -0.298 e. The average Bonchev–Trinajstić information content (AvgIpc) is 2.56. The van der Waals surface area contributed by atoms with Gasteiger partial charge in [-0.2, -0.15) is 4.89 Å². The Bertz CT molecular complexity index is 253. The molecular weight excluding hydrogens is 288 g/mol. The molecule has 0 saturated carbocycles. The molecule has 0 aromatic heterocycles. The molecule has 0 aliphatic carbocycles. The molecule has 0 heterocycles. The summed E-state index contributed by atoms with van der Waals surface area (Å²) in [7, 11) is 0. The van der Waals surface area contributed by atoms with Crippen molar-refractivity contribution >= 4 is 5.97 Å². The van der Waals surface area contributed by atoms with Crippen molar-refractivity contribution < 1.29 is 14.6 Å². The maximum atomic E-state index is 11.7. The normalized spacial score (nSPS) is 12.3. The van der Waals surface area contributed by atoms with Crippen molar-refractivity contribution in [1.82, 2.24) is 0 Å². The third-order valence-corrected chi connectivity index (χ3v) is 4.25. The standard InChI is InChI=1S/C20H40O3/c1-4-7-9-10-11-12-13-14-15-18-20(21)23-22-19(16-6-3)17-8-5-2/h19H,4-18H2,1-3H3.